The number of anilines is 2. The van der Waals surface area contributed by atoms with E-state index in [1.807, 2.05) is 54.3 Å². The topological polar surface area (TPSA) is 69.7 Å². The summed E-state index contributed by atoms with van der Waals surface area (Å²) in [6.07, 6.45) is 2.59. The molecule has 0 saturated carbocycles. The third-order valence-corrected chi connectivity index (χ3v) is 7.64. The second kappa shape index (κ2) is 9.43. The molecule has 1 aromatic heterocycles. The largest absolute Gasteiger partial charge is 0.334 e. The molecule has 0 aliphatic carbocycles. The molecule has 2 aromatic carbocycles. The lowest BCUT2D eigenvalue weighted by molar-refractivity contribution is -0.117. The van der Waals surface area contributed by atoms with Crippen molar-refractivity contribution in [2.24, 2.45) is 0 Å². The number of nitrogens with one attached hydrogen (secondary N) is 1. The Balaban J connectivity index is 1.24. The average molecular weight is 474 g/mol. The monoisotopic (exact) mass is 473 g/mol. The summed E-state index contributed by atoms with van der Waals surface area (Å²) in [6.45, 7) is 3.97. The summed E-state index contributed by atoms with van der Waals surface area (Å²) in [6, 6.07) is 15.1. The molecule has 34 heavy (non-hydrogen) atoms. The molecule has 0 spiro atoms. The summed E-state index contributed by atoms with van der Waals surface area (Å²) < 4.78 is 0. The van der Waals surface area contributed by atoms with Crippen molar-refractivity contribution in [2.75, 3.05) is 23.3 Å². The van der Waals surface area contributed by atoms with E-state index in [0.29, 0.717) is 30.8 Å². The number of fused-ring (bicyclic) bond motifs is 1. The van der Waals surface area contributed by atoms with Crippen LogP contribution in [0.15, 0.2) is 53.9 Å². The van der Waals surface area contributed by atoms with Gasteiger partial charge in [0.05, 0.1) is 6.42 Å². The molecule has 6 nitrogen and oxygen atoms in total. The number of thiophene rings is 1. The Labute approximate surface area is 203 Å². The normalized spacial score (nSPS) is 15.4. The first-order valence-electron chi connectivity index (χ1n) is 11.6. The van der Waals surface area contributed by atoms with Crippen molar-refractivity contribution in [1.29, 1.82) is 0 Å². The fourth-order valence-corrected chi connectivity index (χ4v) is 5.58. The minimum atomic E-state index is -0.140. The van der Waals surface area contributed by atoms with Crippen LogP contribution in [0.25, 0.3) is 0 Å². The van der Waals surface area contributed by atoms with Gasteiger partial charge in [0, 0.05) is 47.9 Å². The lowest BCUT2D eigenvalue weighted by Gasteiger charge is -2.28. The maximum absolute atomic E-state index is 13.2. The molecule has 1 saturated heterocycles. The number of carbonyl (C=O) groups excluding carboxylic acids is 3. The van der Waals surface area contributed by atoms with Crippen molar-refractivity contribution < 1.29 is 14.4 Å². The second-order valence-corrected chi connectivity index (χ2v) is 9.86. The average Bonchev–Trinajstić information content (AvgIpc) is 3.49. The van der Waals surface area contributed by atoms with Gasteiger partial charge in [0.25, 0.3) is 5.91 Å². The number of benzene rings is 2. The maximum atomic E-state index is 13.2. The lowest BCUT2D eigenvalue weighted by Crippen LogP contribution is -2.35. The van der Waals surface area contributed by atoms with Gasteiger partial charge in [-0.1, -0.05) is 18.2 Å². The van der Waals surface area contributed by atoms with Crippen LogP contribution in [0.2, 0.25) is 0 Å². The summed E-state index contributed by atoms with van der Waals surface area (Å²) in [5, 5.41) is 5.06. The number of hydrogen-bond acceptors (Lipinski definition) is 4. The van der Waals surface area contributed by atoms with Gasteiger partial charge in [0.2, 0.25) is 11.8 Å². The van der Waals surface area contributed by atoms with Crippen molar-refractivity contribution >= 4 is 40.4 Å². The molecule has 2 aliphatic heterocycles. The van der Waals surface area contributed by atoms with Crippen LogP contribution >= 0.6 is 11.3 Å². The first-order valence-corrected chi connectivity index (χ1v) is 12.5. The van der Waals surface area contributed by atoms with Gasteiger partial charge in [0.15, 0.2) is 0 Å². The number of rotatable bonds is 5. The van der Waals surface area contributed by atoms with E-state index in [-0.39, 0.29) is 24.1 Å². The molecule has 1 N–H and O–H groups in total. The zero-order chi connectivity index (χ0) is 23.7. The van der Waals surface area contributed by atoms with Gasteiger partial charge in [-0.3, -0.25) is 14.4 Å². The van der Waals surface area contributed by atoms with Crippen molar-refractivity contribution in [3.8, 4) is 0 Å². The van der Waals surface area contributed by atoms with Gasteiger partial charge in [-0.2, -0.15) is 0 Å². The van der Waals surface area contributed by atoms with Crippen LogP contribution in [0.4, 0.5) is 11.4 Å². The van der Waals surface area contributed by atoms with E-state index in [0.717, 1.165) is 36.2 Å². The van der Waals surface area contributed by atoms with Crippen LogP contribution < -0.4 is 10.2 Å². The third-order valence-electron chi connectivity index (χ3n) is 6.62. The van der Waals surface area contributed by atoms with Gasteiger partial charge >= 0.3 is 0 Å². The van der Waals surface area contributed by atoms with Crippen molar-refractivity contribution in [3.05, 3.63) is 81.0 Å². The van der Waals surface area contributed by atoms with Gasteiger partial charge in [-0.25, -0.2) is 0 Å². The first kappa shape index (κ1) is 22.3. The molecule has 7 heteroatoms. The molecular weight excluding hydrogens is 446 g/mol. The number of hydrogen-bond donors (Lipinski definition) is 1. The maximum Gasteiger partial charge on any atom is 0.254 e. The Hall–Kier alpha value is -3.45. The Morgan fingerprint density at radius 1 is 1.03 bits per heavy atom. The highest BCUT2D eigenvalue weighted by atomic mass is 32.1. The zero-order valence-electron chi connectivity index (χ0n) is 19.2. The fourth-order valence-electron chi connectivity index (χ4n) is 4.69. The predicted octanol–water partition coefficient (Wildman–Crippen LogP) is 4.56. The molecule has 3 heterocycles. The van der Waals surface area contributed by atoms with Gasteiger partial charge < -0.3 is 15.1 Å². The van der Waals surface area contributed by atoms with E-state index in [9.17, 15) is 14.4 Å². The van der Waals surface area contributed by atoms with Gasteiger partial charge in [-0.05, 0) is 72.2 Å². The molecule has 5 rings (SSSR count). The van der Waals surface area contributed by atoms with Crippen molar-refractivity contribution in [3.63, 3.8) is 0 Å². The van der Waals surface area contributed by atoms with Crippen molar-refractivity contribution in [1.82, 2.24) is 4.90 Å². The summed E-state index contributed by atoms with van der Waals surface area (Å²) >= 11 is 1.75. The summed E-state index contributed by atoms with van der Waals surface area (Å²) in [7, 11) is 0. The molecule has 3 amide bonds. The zero-order valence-corrected chi connectivity index (χ0v) is 20.0. The van der Waals surface area contributed by atoms with Crippen LogP contribution in [-0.4, -0.2) is 35.7 Å². The summed E-state index contributed by atoms with van der Waals surface area (Å²) in [5.74, 6) is 0.00629. The highest BCUT2D eigenvalue weighted by molar-refractivity contribution is 7.10. The number of nitrogens with zero attached hydrogens (tertiary/aromatic N) is 2. The molecule has 0 radical (unpaired) electrons. The van der Waals surface area contributed by atoms with E-state index in [1.54, 1.807) is 16.2 Å². The highest BCUT2D eigenvalue weighted by Crippen LogP contribution is 2.27. The minimum absolute atomic E-state index is 0.00232. The molecule has 1 fully saturated rings. The fraction of sp³-hybridized carbons (Fsp3) is 0.296. The smallest absolute Gasteiger partial charge is 0.254 e. The first-order chi connectivity index (χ1) is 16.5. The lowest BCUT2D eigenvalue weighted by atomic mass is 10.0. The Kier molecular flexibility index (Phi) is 6.20. The van der Waals surface area contributed by atoms with E-state index in [1.165, 1.54) is 10.4 Å². The minimum Gasteiger partial charge on any atom is -0.334 e. The van der Waals surface area contributed by atoms with E-state index in [2.05, 4.69) is 16.8 Å². The SMILES string of the molecule is Cc1c(NC(=O)Cc2ccc(N3CCCC3=O)cc2)cccc1C(=O)N1CCc2sccc2C1. The van der Waals surface area contributed by atoms with Crippen LogP contribution in [0.5, 0.6) is 0 Å². The van der Waals surface area contributed by atoms with Crippen LogP contribution in [-0.2, 0) is 29.0 Å². The van der Waals surface area contributed by atoms with Crippen LogP contribution in [0, 0.1) is 6.92 Å². The van der Waals surface area contributed by atoms with Crippen LogP contribution in [0.3, 0.4) is 0 Å². The Morgan fingerprint density at radius 3 is 2.62 bits per heavy atom. The standard InChI is InChI=1S/C27H27N3O3S/c1-18-22(27(33)29-14-11-24-20(17-29)12-15-34-24)4-2-5-23(18)28-25(31)16-19-7-9-21(10-8-19)30-13-3-6-26(30)32/h2,4-5,7-10,12,15H,3,6,11,13-14,16-17H2,1H3,(H,28,31). The molecular formula is C27H27N3O3S. The molecule has 3 aromatic rings. The van der Waals surface area contributed by atoms with E-state index < -0.39 is 0 Å². The molecule has 2 aliphatic rings. The Bertz CT molecular complexity index is 1250. The van der Waals surface area contributed by atoms with Gasteiger partial charge in [0.1, 0.15) is 0 Å². The highest BCUT2D eigenvalue weighted by Gasteiger charge is 2.24. The Morgan fingerprint density at radius 2 is 1.85 bits per heavy atom. The molecule has 0 atom stereocenters. The predicted molar refractivity (Wildman–Crippen MR) is 134 cm³/mol. The van der Waals surface area contributed by atoms with Crippen molar-refractivity contribution in [2.45, 2.75) is 39.2 Å². The second-order valence-electron chi connectivity index (χ2n) is 8.86. The van der Waals surface area contributed by atoms with Crippen LogP contribution in [0.1, 0.15) is 44.8 Å². The van der Waals surface area contributed by atoms with E-state index in [4.69, 9.17) is 0 Å². The van der Waals surface area contributed by atoms with E-state index >= 15 is 0 Å². The third kappa shape index (κ3) is 4.48. The van der Waals surface area contributed by atoms with Gasteiger partial charge in [-0.15, -0.1) is 11.3 Å². The molecule has 174 valence electrons. The summed E-state index contributed by atoms with van der Waals surface area (Å²) in [4.78, 5) is 42.9. The number of carbonyl (C=O) groups is 3. The number of amides is 3. The summed E-state index contributed by atoms with van der Waals surface area (Å²) in [5.41, 5.74) is 5.03. The quantitative estimate of drug-likeness (QED) is 0.591. The molecule has 0 unspecified atom stereocenters. The molecule has 0 bridgehead atoms.